The number of carbonyl (C=O) groups is 1. The molecule has 0 aliphatic heterocycles. The molecular formula is C13H15NO. The van der Waals surface area contributed by atoms with Crippen LogP contribution in [0.2, 0.25) is 0 Å². The number of anilines is 1. The Morgan fingerprint density at radius 1 is 1.40 bits per heavy atom. The molecule has 0 amide bonds. The highest BCUT2D eigenvalue weighted by atomic mass is 16.1. The Labute approximate surface area is 89.8 Å². The lowest BCUT2D eigenvalue weighted by molar-refractivity contribution is 0.103. The summed E-state index contributed by atoms with van der Waals surface area (Å²) in [6.07, 6.45) is 5.04. The Morgan fingerprint density at radius 3 is 2.80 bits per heavy atom. The Balaban J connectivity index is 2.41. The van der Waals surface area contributed by atoms with Crippen LogP contribution in [0.25, 0.3) is 0 Å². The Hall–Kier alpha value is -1.57. The van der Waals surface area contributed by atoms with Gasteiger partial charge in [-0.25, -0.2) is 0 Å². The van der Waals surface area contributed by atoms with Crippen molar-refractivity contribution >= 4 is 11.5 Å². The number of carbonyl (C=O) groups excluding carboxylic acids is 1. The topological polar surface area (TPSA) is 43.1 Å². The standard InChI is InChI=1S/C13H15NO/c1-9-5-4-8-11(14)12(9)13(15)10-6-2-3-7-10/h4-6,8H,2-3,7,14H2,1H3. The van der Waals surface area contributed by atoms with Crippen molar-refractivity contribution in [1.82, 2.24) is 0 Å². The SMILES string of the molecule is Cc1cccc(N)c1C(=O)C1=CCCC1. The van der Waals surface area contributed by atoms with Gasteiger partial charge in [0, 0.05) is 11.3 Å². The van der Waals surface area contributed by atoms with Crippen LogP contribution in [-0.2, 0) is 0 Å². The number of allylic oxidation sites excluding steroid dienone is 2. The number of ketones is 1. The number of rotatable bonds is 2. The highest BCUT2D eigenvalue weighted by molar-refractivity contribution is 6.12. The zero-order valence-corrected chi connectivity index (χ0v) is 8.92. The fourth-order valence-corrected chi connectivity index (χ4v) is 2.04. The van der Waals surface area contributed by atoms with Crippen molar-refractivity contribution in [3.05, 3.63) is 41.0 Å². The van der Waals surface area contributed by atoms with Crippen molar-refractivity contribution < 1.29 is 4.79 Å². The smallest absolute Gasteiger partial charge is 0.191 e. The van der Waals surface area contributed by atoms with Gasteiger partial charge in [0.1, 0.15) is 0 Å². The second kappa shape index (κ2) is 3.89. The maximum absolute atomic E-state index is 12.1. The molecule has 1 aromatic carbocycles. The predicted molar refractivity (Wildman–Crippen MR) is 61.9 cm³/mol. The Bertz CT molecular complexity index is 412. The first kappa shape index (κ1) is 9.97. The summed E-state index contributed by atoms with van der Waals surface area (Å²) in [5, 5.41) is 0. The maximum Gasteiger partial charge on any atom is 0.191 e. The molecule has 2 nitrogen and oxygen atoms in total. The van der Waals surface area contributed by atoms with Crippen molar-refractivity contribution in [3.8, 4) is 0 Å². The minimum Gasteiger partial charge on any atom is -0.398 e. The van der Waals surface area contributed by atoms with Gasteiger partial charge in [-0.2, -0.15) is 0 Å². The van der Waals surface area contributed by atoms with E-state index in [1.54, 1.807) is 6.07 Å². The molecule has 0 fully saturated rings. The van der Waals surface area contributed by atoms with E-state index in [0.29, 0.717) is 11.3 Å². The van der Waals surface area contributed by atoms with Crippen LogP contribution in [0.5, 0.6) is 0 Å². The van der Waals surface area contributed by atoms with Crippen LogP contribution in [-0.4, -0.2) is 5.78 Å². The van der Waals surface area contributed by atoms with Crippen LogP contribution in [0.4, 0.5) is 5.69 Å². The predicted octanol–water partition coefficient (Wildman–Crippen LogP) is 2.87. The lowest BCUT2D eigenvalue weighted by Gasteiger charge is -2.08. The highest BCUT2D eigenvalue weighted by Crippen LogP contribution is 2.26. The number of benzene rings is 1. The number of nitrogens with two attached hydrogens (primary N) is 1. The molecule has 0 radical (unpaired) electrons. The molecule has 0 bridgehead atoms. The maximum atomic E-state index is 12.1. The monoisotopic (exact) mass is 201 g/mol. The summed E-state index contributed by atoms with van der Waals surface area (Å²) in [4.78, 5) is 12.1. The average Bonchev–Trinajstić information content (AvgIpc) is 2.69. The van der Waals surface area contributed by atoms with Crippen molar-refractivity contribution in [2.24, 2.45) is 0 Å². The minimum atomic E-state index is 0.114. The van der Waals surface area contributed by atoms with Crippen LogP contribution in [0, 0.1) is 6.92 Å². The molecule has 0 unspecified atom stereocenters. The molecule has 0 atom stereocenters. The summed E-state index contributed by atoms with van der Waals surface area (Å²) in [6.45, 7) is 1.93. The van der Waals surface area contributed by atoms with Crippen molar-refractivity contribution in [3.63, 3.8) is 0 Å². The number of aryl methyl sites for hydroxylation is 1. The van der Waals surface area contributed by atoms with E-state index in [0.717, 1.165) is 30.4 Å². The molecule has 1 aromatic rings. The third kappa shape index (κ3) is 1.80. The molecule has 1 aliphatic carbocycles. The zero-order chi connectivity index (χ0) is 10.8. The molecule has 0 saturated carbocycles. The van der Waals surface area contributed by atoms with Gasteiger partial charge in [0.05, 0.1) is 0 Å². The van der Waals surface area contributed by atoms with Gasteiger partial charge in [-0.3, -0.25) is 4.79 Å². The van der Waals surface area contributed by atoms with Crippen molar-refractivity contribution in [1.29, 1.82) is 0 Å². The summed E-state index contributed by atoms with van der Waals surface area (Å²) in [7, 11) is 0. The summed E-state index contributed by atoms with van der Waals surface area (Å²) in [5.74, 6) is 0.114. The fourth-order valence-electron chi connectivity index (χ4n) is 2.04. The first-order chi connectivity index (χ1) is 7.20. The molecule has 2 N–H and O–H groups in total. The molecular weight excluding hydrogens is 186 g/mol. The fraction of sp³-hybridized carbons (Fsp3) is 0.308. The first-order valence-corrected chi connectivity index (χ1v) is 5.29. The number of hydrogen-bond donors (Lipinski definition) is 1. The van der Waals surface area contributed by atoms with E-state index in [1.807, 2.05) is 25.1 Å². The van der Waals surface area contributed by atoms with Gasteiger partial charge in [0.2, 0.25) is 0 Å². The lowest BCUT2D eigenvalue weighted by atomic mass is 9.97. The van der Waals surface area contributed by atoms with E-state index in [4.69, 9.17) is 5.73 Å². The van der Waals surface area contributed by atoms with Gasteiger partial charge in [0.25, 0.3) is 0 Å². The molecule has 2 rings (SSSR count). The molecule has 0 spiro atoms. The normalized spacial score (nSPS) is 15.1. The van der Waals surface area contributed by atoms with Crippen molar-refractivity contribution in [2.45, 2.75) is 26.2 Å². The second-order valence-corrected chi connectivity index (χ2v) is 3.99. The summed E-state index contributed by atoms with van der Waals surface area (Å²) in [5.41, 5.74) is 9.01. The van der Waals surface area contributed by atoms with Crippen molar-refractivity contribution in [2.75, 3.05) is 5.73 Å². The first-order valence-electron chi connectivity index (χ1n) is 5.29. The van der Waals surface area contributed by atoms with E-state index in [9.17, 15) is 4.79 Å². The van der Waals surface area contributed by atoms with E-state index in [1.165, 1.54) is 0 Å². The highest BCUT2D eigenvalue weighted by Gasteiger charge is 2.18. The Kier molecular flexibility index (Phi) is 2.58. The summed E-state index contributed by atoms with van der Waals surface area (Å²) >= 11 is 0. The molecule has 15 heavy (non-hydrogen) atoms. The van der Waals surface area contributed by atoms with Crippen LogP contribution >= 0.6 is 0 Å². The van der Waals surface area contributed by atoms with Crippen LogP contribution in [0.1, 0.15) is 35.2 Å². The minimum absolute atomic E-state index is 0.114. The average molecular weight is 201 g/mol. The quantitative estimate of drug-likeness (QED) is 0.590. The van der Waals surface area contributed by atoms with Crippen LogP contribution in [0.15, 0.2) is 29.8 Å². The number of Topliss-reactive ketones (excluding diaryl/α,β-unsaturated/α-hetero) is 1. The third-order valence-electron chi connectivity index (χ3n) is 2.86. The molecule has 0 saturated heterocycles. The molecule has 78 valence electrons. The molecule has 0 aromatic heterocycles. The zero-order valence-electron chi connectivity index (χ0n) is 8.92. The van der Waals surface area contributed by atoms with Gasteiger partial charge in [0.15, 0.2) is 5.78 Å². The molecule has 2 heteroatoms. The van der Waals surface area contributed by atoms with Gasteiger partial charge in [-0.1, -0.05) is 18.2 Å². The molecule has 0 heterocycles. The van der Waals surface area contributed by atoms with E-state index < -0.39 is 0 Å². The van der Waals surface area contributed by atoms with Gasteiger partial charge in [-0.05, 0) is 43.4 Å². The second-order valence-electron chi connectivity index (χ2n) is 3.99. The number of nitrogen functional groups attached to an aromatic ring is 1. The van der Waals surface area contributed by atoms with Gasteiger partial charge >= 0.3 is 0 Å². The number of hydrogen-bond acceptors (Lipinski definition) is 2. The molecule has 1 aliphatic rings. The van der Waals surface area contributed by atoms with E-state index in [2.05, 4.69) is 0 Å². The largest absolute Gasteiger partial charge is 0.398 e. The van der Waals surface area contributed by atoms with Gasteiger partial charge < -0.3 is 5.73 Å². The Morgan fingerprint density at radius 2 is 2.20 bits per heavy atom. The summed E-state index contributed by atoms with van der Waals surface area (Å²) < 4.78 is 0. The van der Waals surface area contributed by atoms with E-state index in [-0.39, 0.29) is 5.78 Å². The lowest BCUT2D eigenvalue weighted by Crippen LogP contribution is -2.07. The van der Waals surface area contributed by atoms with Crippen LogP contribution < -0.4 is 5.73 Å². The van der Waals surface area contributed by atoms with E-state index >= 15 is 0 Å². The van der Waals surface area contributed by atoms with Gasteiger partial charge in [-0.15, -0.1) is 0 Å². The summed E-state index contributed by atoms with van der Waals surface area (Å²) in [6, 6.07) is 5.60. The van der Waals surface area contributed by atoms with Crippen LogP contribution in [0.3, 0.4) is 0 Å². The third-order valence-corrected chi connectivity index (χ3v) is 2.86.